The van der Waals surface area contributed by atoms with E-state index >= 15 is 0 Å². The Morgan fingerprint density at radius 1 is 0.774 bits per heavy atom. The molecule has 0 aliphatic carbocycles. The number of ether oxygens (including phenoxy) is 4. The first-order chi connectivity index (χ1) is 14.7. The van der Waals surface area contributed by atoms with Crippen molar-refractivity contribution in [2.45, 2.75) is 110 Å². The van der Waals surface area contributed by atoms with Crippen LogP contribution in [0.1, 0.15) is 85.5 Å². The van der Waals surface area contributed by atoms with E-state index in [1.54, 1.807) is 6.92 Å². The van der Waals surface area contributed by atoms with Crippen LogP contribution in [0.2, 0.25) is 0 Å². The Balaban J connectivity index is 3.17. The molecule has 1 fully saturated rings. The fourth-order valence-electron chi connectivity index (χ4n) is 3.54. The van der Waals surface area contributed by atoms with Crippen LogP contribution in [0.15, 0.2) is 0 Å². The average Bonchev–Trinajstić information content (AvgIpc) is 2.67. The molecule has 5 atom stereocenters. The SMILES string of the molecule is CCCC(=O)OC1O[C@@H](C)[C@@H](CCCC(=O)O)[C@@H](OC(=O)CCC)[C@@H]1OC(=O)CCC. The van der Waals surface area contributed by atoms with E-state index in [4.69, 9.17) is 24.1 Å². The van der Waals surface area contributed by atoms with Crippen molar-refractivity contribution in [3.8, 4) is 0 Å². The van der Waals surface area contributed by atoms with E-state index in [0.29, 0.717) is 32.1 Å². The predicted molar refractivity (Wildman–Crippen MR) is 110 cm³/mol. The second-order valence-electron chi connectivity index (χ2n) is 7.81. The third kappa shape index (κ3) is 9.25. The van der Waals surface area contributed by atoms with Crippen molar-refractivity contribution in [3.05, 3.63) is 0 Å². The normalized spacial score (nSPS) is 25.5. The number of aliphatic carboxylic acids is 1. The van der Waals surface area contributed by atoms with Gasteiger partial charge >= 0.3 is 23.9 Å². The topological polar surface area (TPSA) is 125 Å². The van der Waals surface area contributed by atoms with E-state index in [2.05, 4.69) is 0 Å². The van der Waals surface area contributed by atoms with Gasteiger partial charge < -0.3 is 24.1 Å². The van der Waals surface area contributed by atoms with Crippen molar-refractivity contribution >= 4 is 23.9 Å². The molecule has 1 unspecified atom stereocenters. The zero-order valence-corrected chi connectivity index (χ0v) is 19.0. The molecule has 1 rings (SSSR count). The van der Waals surface area contributed by atoms with Crippen molar-refractivity contribution in [2.75, 3.05) is 0 Å². The molecule has 1 aliphatic heterocycles. The summed E-state index contributed by atoms with van der Waals surface area (Å²) in [5, 5.41) is 8.97. The van der Waals surface area contributed by atoms with E-state index < -0.39 is 54.4 Å². The summed E-state index contributed by atoms with van der Waals surface area (Å²) in [5.74, 6) is -2.82. The number of carbonyl (C=O) groups is 4. The molecule has 1 aliphatic rings. The third-order valence-corrected chi connectivity index (χ3v) is 5.04. The van der Waals surface area contributed by atoms with Gasteiger partial charge in [0.2, 0.25) is 12.4 Å². The van der Waals surface area contributed by atoms with Crippen LogP contribution in [0.4, 0.5) is 0 Å². The summed E-state index contributed by atoms with van der Waals surface area (Å²) < 4.78 is 22.6. The summed E-state index contributed by atoms with van der Waals surface area (Å²) in [7, 11) is 0. The average molecular weight is 445 g/mol. The molecule has 9 nitrogen and oxygen atoms in total. The minimum absolute atomic E-state index is 0.0476. The lowest BCUT2D eigenvalue weighted by molar-refractivity contribution is -0.282. The molecule has 0 aromatic rings. The van der Waals surface area contributed by atoms with Crippen LogP contribution in [0.5, 0.6) is 0 Å². The summed E-state index contributed by atoms with van der Waals surface area (Å²) in [6.45, 7) is 7.24. The summed E-state index contributed by atoms with van der Waals surface area (Å²) in [5.41, 5.74) is 0. The lowest BCUT2D eigenvalue weighted by Crippen LogP contribution is -2.58. The highest BCUT2D eigenvalue weighted by atomic mass is 16.7. The van der Waals surface area contributed by atoms with Crippen LogP contribution in [-0.2, 0) is 38.1 Å². The molecule has 178 valence electrons. The Kier molecular flexibility index (Phi) is 12.1. The van der Waals surface area contributed by atoms with Crippen molar-refractivity contribution in [2.24, 2.45) is 5.92 Å². The van der Waals surface area contributed by atoms with Crippen LogP contribution in [-0.4, -0.2) is 53.6 Å². The van der Waals surface area contributed by atoms with Gasteiger partial charge in [-0.1, -0.05) is 20.8 Å². The first-order valence-corrected chi connectivity index (χ1v) is 11.2. The van der Waals surface area contributed by atoms with Crippen LogP contribution < -0.4 is 0 Å². The molecule has 0 bridgehead atoms. The van der Waals surface area contributed by atoms with Crippen molar-refractivity contribution in [3.63, 3.8) is 0 Å². The molecule has 0 aromatic heterocycles. The van der Waals surface area contributed by atoms with Gasteiger partial charge in [0, 0.05) is 31.6 Å². The zero-order valence-electron chi connectivity index (χ0n) is 19.0. The molecule has 1 heterocycles. The molecule has 9 heteroatoms. The second-order valence-corrected chi connectivity index (χ2v) is 7.81. The standard InChI is InChI=1S/C22H36O9/c1-5-9-17(25)29-20-15(12-8-13-16(23)24)14(4)28-22(31-19(27)11-7-3)21(20)30-18(26)10-6-2/h14-15,20-22H,5-13H2,1-4H3,(H,23,24)/t14-,15+,20+,21-,22?/m0/s1. The van der Waals surface area contributed by atoms with Gasteiger partial charge in [-0.15, -0.1) is 0 Å². The Morgan fingerprint density at radius 2 is 1.26 bits per heavy atom. The van der Waals surface area contributed by atoms with Crippen LogP contribution >= 0.6 is 0 Å². The molecule has 0 saturated carbocycles. The van der Waals surface area contributed by atoms with E-state index in [1.165, 1.54) is 0 Å². The fourth-order valence-corrected chi connectivity index (χ4v) is 3.54. The Hall–Kier alpha value is -2.16. The molecule has 0 amide bonds. The van der Waals surface area contributed by atoms with Crippen LogP contribution in [0.3, 0.4) is 0 Å². The maximum absolute atomic E-state index is 12.3. The molecule has 0 radical (unpaired) electrons. The summed E-state index contributed by atoms with van der Waals surface area (Å²) in [6.07, 6.45) is -0.830. The molecule has 31 heavy (non-hydrogen) atoms. The Bertz CT molecular complexity index is 604. The highest BCUT2D eigenvalue weighted by Gasteiger charge is 2.50. The number of rotatable bonds is 13. The van der Waals surface area contributed by atoms with Gasteiger partial charge in [-0.05, 0) is 39.0 Å². The maximum Gasteiger partial charge on any atom is 0.308 e. The van der Waals surface area contributed by atoms with Gasteiger partial charge in [0.1, 0.15) is 0 Å². The zero-order chi connectivity index (χ0) is 23.4. The maximum atomic E-state index is 12.3. The minimum Gasteiger partial charge on any atom is -0.481 e. The van der Waals surface area contributed by atoms with Crippen molar-refractivity contribution in [1.29, 1.82) is 0 Å². The van der Waals surface area contributed by atoms with Gasteiger partial charge in [0.25, 0.3) is 0 Å². The summed E-state index contributed by atoms with van der Waals surface area (Å²) in [6, 6.07) is 0. The van der Waals surface area contributed by atoms with E-state index in [9.17, 15) is 19.2 Å². The number of esters is 3. The number of carboxylic acids is 1. The third-order valence-electron chi connectivity index (χ3n) is 5.04. The number of carbonyl (C=O) groups excluding carboxylic acids is 3. The van der Waals surface area contributed by atoms with Crippen LogP contribution in [0, 0.1) is 5.92 Å². The second kappa shape index (κ2) is 14.0. The smallest absolute Gasteiger partial charge is 0.308 e. The first-order valence-electron chi connectivity index (χ1n) is 11.2. The molecule has 1 N–H and O–H groups in total. The minimum atomic E-state index is -1.20. The van der Waals surface area contributed by atoms with Crippen molar-refractivity contribution < 1.29 is 43.2 Å². The van der Waals surface area contributed by atoms with Gasteiger partial charge in [0.15, 0.2) is 6.10 Å². The van der Waals surface area contributed by atoms with Gasteiger partial charge in [0.05, 0.1) is 6.10 Å². The lowest BCUT2D eigenvalue weighted by Gasteiger charge is -2.44. The molecule has 0 spiro atoms. The van der Waals surface area contributed by atoms with Gasteiger partial charge in [-0.2, -0.15) is 0 Å². The Morgan fingerprint density at radius 3 is 1.74 bits per heavy atom. The molecule has 0 aromatic carbocycles. The first kappa shape index (κ1) is 26.9. The largest absolute Gasteiger partial charge is 0.481 e. The van der Waals surface area contributed by atoms with Gasteiger partial charge in [-0.25, -0.2) is 0 Å². The molecule has 1 saturated heterocycles. The van der Waals surface area contributed by atoms with Crippen molar-refractivity contribution in [1.82, 2.24) is 0 Å². The number of hydrogen-bond acceptors (Lipinski definition) is 8. The van der Waals surface area contributed by atoms with E-state index in [0.717, 1.165) is 0 Å². The molecular formula is C22H36O9. The van der Waals surface area contributed by atoms with E-state index in [1.807, 2.05) is 20.8 Å². The fraction of sp³-hybridized carbons (Fsp3) is 0.818. The summed E-state index contributed by atoms with van der Waals surface area (Å²) >= 11 is 0. The highest BCUT2D eigenvalue weighted by Crippen LogP contribution is 2.35. The quantitative estimate of drug-likeness (QED) is 0.336. The predicted octanol–water partition coefficient (Wildman–Crippen LogP) is 3.37. The highest BCUT2D eigenvalue weighted by molar-refractivity contribution is 5.71. The number of hydrogen-bond donors (Lipinski definition) is 1. The lowest BCUT2D eigenvalue weighted by atomic mass is 9.85. The summed E-state index contributed by atoms with van der Waals surface area (Å²) in [4.78, 5) is 47.7. The monoisotopic (exact) mass is 444 g/mol. The molecular weight excluding hydrogens is 408 g/mol. The van der Waals surface area contributed by atoms with E-state index in [-0.39, 0.29) is 25.7 Å². The van der Waals surface area contributed by atoms with Crippen LogP contribution in [0.25, 0.3) is 0 Å². The van der Waals surface area contributed by atoms with Gasteiger partial charge in [-0.3, -0.25) is 19.2 Å². The Labute approximate surface area is 183 Å². The number of carboxylic acid groups (broad SMARTS) is 1.